The molecule has 21 heavy (non-hydrogen) atoms. The number of fused-ring (bicyclic) bond motifs is 2. The van der Waals surface area contributed by atoms with Crippen LogP contribution in [0.5, 0.6) is 0 Å². The van der Waals surface area contributed by atoms with Crippen LogP contribution in [-0.2, 0) is 17.6 Å². The van der Waals surface area contributed by atoms with Crippen molar-refractivity contribution in [1.29, 1.82) is 0 Å². The Hall–Kier alpha value is -2.35. The molecule has 1 aliphatic rings. The Balaban J connectivity index is 2.13. The molecule has 1 heterocycles. The molecular weight excluding hydrogens is 258 g/mol. The van der Waals surface area contributed by atoms with Gasteiger partial charge in [-0.25, -0.2) is 0 Å². The van der Waals surface area contributed by atoms with Crippen LogP contribution in [0.2, 0.25) is 0 Å². The molecule has 0 fully saturated rings. The Morgan fingerprint density at radius 3 is 2.48 bits per heavy atom. The van der Waals surface area contributed by atoms with Gasteiger partial charge in [0.25, 0.3) is 0 Å². The molecule has 0 bridgehead atoms. The topological polar surface area (TPSA) is 20.3 Å². The molecule has 0 aliphatic carbocycles. The number of anilines is 1. The van der Waals surface area contributed by atoms with E-state index in [1.165, 1.54) is 11.1 Å². The number of hydrogen-bond donors (Lipinski definition) is 0. The molecule has 1 amide bonds. The Morgan fingerprint density at radius 2 is 1.71 bits per heavy atom. The van der Waals surface area contributed by atoms with Crippen molar-refractivity contribution in [2.75, 3.05) is 11.4 Å². The lowest BCUT2D eigenvalue weighted by Crippen LogP contribution is -2.31. The highest BCUT2D eigenvalue weighted by atomic mass is 16.2. The standard InChI is InChI=1S/C19H19NO/c1-14-13-17-8-4-3-7-16(17)11-12-20(15(2)21)19-10-6-5-9-18(14)19/h3-10H,1,11-13H2,2H3. The van der Waals surface area contributed by atoms with E-state index in [0.29, 0.717) is 6.54 Å². The maximum Gasteiger partial charge on any atom is 0.223 e. The SMILES string of the molecule is C=C1Cc2ccccc2CCN(C(C)=O)c2ccccc21. The van der Waals surface area contributed by atoms with Gasteiger partial charge in [0.1, 0.15) is 0 Å². The zero-order valence-electron chi connectivity index (χ0n) is 12.3. The van der Waals surface area contributed by atoms with Gasteiger partial charge in [0.05, 0.1) is 5.69 Å². The van der Waals surface area contributed by atoms with Gasteiger partial charge < -0.3 is 4.90 Å². The van der Waals surface area contributed by atoms with Crippen molar-refractivity contribution in [1.82, 2.24) is 0 Å². The number of para-hydroxylation sites is 1. The molecule has 0 saturated carbocycles. The van der Waals surface area contributed by atoms with Crippen LogP contribution in [0.1, 0.15) is 23.6 Å². The van der Waals surface area contributed by atoms with Crippen molar-refractivity contribution in [3.05, 3.63) is 71.8 Å². The first-order valence-corrected chi connectivity index (χ1v) is 7.29. The molecule has 0 saturated heterocycles. The lowest BCUT2D eigenvalue weighted by molar-refractivity contribution is -0.116. The maximum atomic E-state index is 12.1. The number of amides is 1. The summed E-state index contributed by atoms with van der Waals surface area (Å²) in [7, 11) is 0. The van der Waals surface area contributed by atoms with Gasteiger partial charge in [-0.05, 0) is 35.6 Å². The van der Waals surface area contributed by atoms with Crippen LogP contribution in [-0.4, -0.2) is 12.5 Å². The molecule has 0 atom stereocenters. The average Bonchev–Trinajstić information content (AvgIpc) is 2.54. The summed E-state index contributed by atoms with van der Waals surface area (Å²) in [5.41, 5.74) is 5.72. The summed E-state index contributed by atoms with van der Waals surface area (Å²) < 4.78 is 0. The summed E-state index contributed by atoms with van der Waals surface area (Å²) >= 11 is 0. The largest absolute Gasteiger partial charge is 0.312 e. The summed E-state index contributed by atoms with van der Waals surface area (Å²) in [5.74, 6) is 0.0784. The number of nitrogens with zero attached hydrogens (tertiary/aromatic N) is 1. The molecule has 0 unspecified atom stereocenters. The quantitative estimate of drug-likeness (QED) is 0.716. The molecule has 2 heteroatoms. The highest BCUT2D eigenvalue weighted by Gasteiger charge is 2.19. The van der Waals surface area contributed by atoms with Crippen LogP contribution in [0.25, 0.3) is 5.57 Å². The van der Waals surface area contributed by atoms with E-state index in [9.17, 15) is 4.79 Å². The third kappa shape index (κ3) is 2.62. The van der Waals surface area contributed by atoms with Crippen LogP contribution >= 0.6 is 0 Å². The second-order valence-electron chi connectivity index (χ2n) is 5.49. The molecule has 3 rings (SSSR count). The Bertz CT molecular complexity index is 702. The van der Waals surface area contributed by atoms with E-state index < -0.39 is 0 Å². The van der Waals surface area contributed by atoms with E-state index in [0.717, 1.165) is 29.7 Å². The Labute approximate surface area is 125 Å². The second kappa shape index (κ2) is 5.57. The maximum absolute atomic E-state index is 12.1. The van der Waals surface area contributed by atoms with Crippen LogP contribution < -0.4 is 4.90 Å². The minimum atomic E-state index is 0.0784. The van der Waals surface area contributed by atoms with Gasteiger partial charge in [-0.15, -0.1) is 0 Å². The fourth-order valence-electron chi connectivity index (χ4n) is 2.99. The number of rotatable bonds is 0. The van der Waals surface area contributed by atoms with E-state index in [2.05, 4.69) is 36.9 Å². The van der Waals surface area contributed by atoms with Gasteiger partial charge in [0.2, 0.25) is 5.91 Å². The normalized spacial score (nSPS) is 14.5. The zero-order valence-corrected chi connectivity index (χ0v) is 12.3. The molecule has 2 aromatic carbocycles. The van der Waals surface area contributed by atoms with Gasteiger partial charge >= 0.3 is 0 Å². The molecule has 0 spiro atoms. The van der Waals surface area contributed by atoms with Gasteiger partial charge in [-0.1, -0.05) is 49.0 Å². The average molecular weight is 277 g/mol. The summed E-state index contributed by atoms with van der Waals surface area (Å²) in [4.78, 5) is 13.9. The predicted octanol–water partition coefficient (Wildman–Crippen LogP) is 3.85. The summed E-state index contributed by atoms with van der Waals surface area (Å²) in [6.45, 7) is 6.59. The van der Waals surface area contributed by atoms with Crippen LogP contribution in [0.15, 0.2) is 55.1 Å². The fraction of sp³-hybridized carbons (Fsp3) is 0.211. The third-order valence-corrected chi connectivity index (χ3v) is 4.08. The van der Waals surface area contributed by atoms with E-state index in [1.54, 1.807) is 6.92 Å². The summed E-state index contributed by atoms with van der Waals surface area (Å²) in [6.07, 6.45) is 1.70. The van der Waals surface area contributed by atoms with E-state index in [1.807, 2.05) is 23.1 Å². The molecule has 0 aromatic heterocycles. The highest BCUT2D eigenvalue weighted by Crippen LogP contribution is 2.31. The lowest BCUT2D eigenvalue weighted by Gasteiger charge is -2.23. The van der Waals surface area contributed by atoms with Crippen LogP contribution in [0.3, 0.4) is 0 Å². The minimum absolute atomic E-state index is 0.0784. The van der Waals surface area contributed by atoms with Gasteiger partial charge in [0, 0.05) is 19.0 Å². The van der Waals surface area contributed by atoms with Gasteiger partial charge in [0.15, 0.2) is 0 Å². The lowest BCUT2D eigenvalue weighted by atomic mass is 9.95. The number of benzene rings is 2. The van der Waals surface area contributed by atoms with Crippen molar-refractivity contribution in [3.8, 4) is 0 Å². The zero-order chi connectivity index (χ0) is 14.8. The molecule has 2 aromatic rings. The molecule has 1 aliphatic heterocycles. The minimum Gasteiger partial charge on any atom is -0.312 e. The number of hydrogen-bond acceptors (Lipinski definition) is 1. The van der Waals surface area contributed by atoms with Crippen molar-refractivity contribution < 1.29 is 4.79 Å². The fourth-order valence-corrected chi connectivity index (χ4v) is 2.99. The van der Waals surface area contributed by atoms with Crippen molar-refractivity contribution in [3.63, 3.8) is 0 Å². The number of carbonyl (C=O) groups is 1. The van der Waals surface area contributed by atoms with E-state index >= 15 is 0 Å². The molecule has 2 nitrogen and oxygen atoms in total. The Kier molecular flexibility index (Phi) is 3.61. The molecule has 0 N–H and O–H groups in total. The first-order chi connectivity index (χ1) is 10.2. The Morgan fingerprint density at radius 1 is 1.05 bits per heavy atom. The second-order valence-corrected chi connectivity index (χ2v) is 5.49. The van der Waals surface area contributed by atoms with Crippen LogP contribution in [0.4, 0.5) is 5.69 Å². The third-order valence-electron chi connectivity index (χ3n) is 4.08. The first-order valence-electron chi connectivity index (χ1n) is 7.29. The van der Waals surface area contributed by atoms with Crippen LogP contribution in [0, 0.1) is 0 Å². The number of carbonyl (C=O) groups excluding carboxylic acids is 1. The molecule has 106 valence electrons. The molecular formula is C19H19NO. The predicted molar refractivity (Wildman–Crippen MR) is 87.4 cm³/mol. The van der Waals surface area contributed by atoms with E-state index in [4.69, 9.17) is 0 Å². The summed E-state index contributed by atoms with van der Waals surface area (Å²) in [6, 6.07) is 16.5. The molecule has 0 radical (unpaired) electrons. The first kappa shape index (κ1) is 13.6. The number of allylic oxidation sites excluding steroid dienone is 1. The highest BCUT2D eigenvalue weighted by molar-refractivity contribution is 5.95. The van der Waals surface area contributed by atoms with Crippen molar-refractivity contribution >= 4 is 17.2 Å². The summed E-state index contributed by atoms with van der Waals surface area (Å²) in [5, 5.41) is 0. The smallest absolute Gasteiger partial charge is 0.223 e. The van der Waals surface area contributed by atoms with Gasteiger partial charge in [-0.3, -0.25) is 4.79 Å². The van der Waals surface area contributed by atoms with Crippen molar-refractivity contribution in [2.24, 2.45) is 0 Å². The van der Waals surface area contributed by atoms with Gasteiger partial charge in [-0.2, -0.15) is 0 Å². The van der Waals surface area contributed by atoms with E-state index in [-0.39, 0.29) is 5.91 Å². The monoisotopic (exact) mass is 277 g/mol. The van der Waals surface area contributed by atoms with Crippen molar-refractivity contribution in [2.45, 2.75) is 19.8 Å².